The molecule has 3 heterocycles. The Balaban J connectivity index is 1.64. The third-order valence-corrected chi connectivity index (χ3v) is 4.65. The molecule has 1 atom stereocenters. The van der Waals surface area contributed by atoms with E-state index >= 15 is 0 Å². The molecule has 2 fully saturated rings. The Labute approximate surface area is 137 Å². The lowest BCUT2D eigenvalue weighted by Crippen LogP contribution is -2.43. The first-order valence-corrected chi connectivity index (χ1v) is 8.71. The number of oxazole rings is 1. The summed E-state index contributed by atoms with van der Waals surface area (Å²) >= 11 is 0. The lowest BCUT2D eigenvalue weighted by molar-refractivity contribution is 0.0211. The fourth-order valence-electron chi connectivity index (χ4n) is 3.49. The van der Waals surface area contributed by atoms with Crippen LogP contribution in [0.3, 0.4) is 0 Å². The minimum atomic E-state index is -0.0581. The van der Waals surface area contributed by atoms with Crippen LogP contribution in [-0.2, 0) is 4.74 Å². The number of nitrogens with zero attached hydrogens (tertiary/aromatic N) is 3. The molecule has 2 aliphatic heterocycles. The second-order valence-electron chi connectivity index (χ2n) is 6.61. The third-order valence-electron chi connectivity index (χ3n) is 4.65. The van der Waals surface area contributed by atoms with Gasteiger partial charge in [0.1, 0.15) is 0 Å². The van der Waals surface area contributed by atoms with Crippen molar-refractivity contribution < 1.29 is 13.9 Å². The fourth-order valence-corrected chi connectivity index (χ4v) is 3.49. The van der Waals surface area contributed by atoms with Crippen molar-refractivity contribution in [2.24, 2.45) is 0 Å². The topological polar surface area (TPSA) is 58.8 Å². The summed E-state index contributed by atoms with van der Waals surface area (Å²) in [6.45, 7) is 8.87. The second kappa shape index (κ2) is 7.45. The summed E-state index contributed by atoms with van der Waals surface area (Å²) in [6.07, 6.45) is 4.83. The molecule has 2 aliphatic rings. The van der Waals surface area contributed by atoms with Crippen LogP contribution in [0.2, 0.25) is 0 Å². The van der Waals surface area contributed by atoms with Crippen LogP contribution in [0.25, 0.3) is 0 Å². The Bertz CT molecular complexity index is 537. The molecule has 1 aromatic heterocycles. The van der Waals surface area contributed by atoms with E-state index in [2.05, 4.69) is 9.88 Å². The van der Waals surface area contributed by atoms with Crippen molar-refractivity contribution in [3.63, 3.8) is 0 Å². The van der Waals surface area contributed by atoms with Crippen LogP contribution in [0.5, 0.6) is 0 Å². The van der Waals surface area contributed by atoms with Gasteiger partial charge in [-0.25, -0.2) is 4.98 Å². The van der Waals surface area contributed by atoms with Gasteiger partial charge in [0.05, 0.1) is 11.8 Å². The fraction of sp³-hybridized carbons (Fsp3) is 0.765. The third kappa shape index (κ3) is 4.12. The summed E-state index contributed by atoms with van der Waals surface area (Å²) in [6, 6.07) is 0. The van der Waals surface area contributed by atoms with E-state index in [9.17, 15) is 4.79 Å². The van der Waals surface area contributed by atoms with Crippen molar-refractivity contribution in [1.82, 2.24) is 14.8 Å². The average Bonchev–Trinajstić information content (AvgIpc) is 2.74. The largest absolute Gasteiger partial charge is 0.436 e. The minimum Gasteiger partial charge on any atom is -0.436 e. The summed E-state index contributed by atoms with van der Waals surface area (Å²) in [7, 11) is 0. The van der Waals surface area contributed by atoms with Gasteiger partial charge < -0.3 is 19.0 Å². The van der Waals surface area contributed by atoms with E-state index in [-0.39, 0.29) is 12.0 Å². The molecule has 6 heteroatoms. The van der Waals surface area contributed by atoms with Crippen LogP contribution < -0.4 is 0 Å². The van der Waals surface area contributed by atoms with Crippen molar-refractivity contribution >= 4 is 5.91 Å². The van der Waals surface area contributed by atoms with Crippen LogP contribution in [0, 0.1) is 13.8 Å². The standard InChI is InChI=1S/C17H27N3O3/c1-13-16(23-14(2)18-13)17(21)20-9-6-10-22-15(12-20)11-19-7-4-3-5-8-19/h15H,3-12H2,1-2H3. The molecule has 23 heavy (non-hydrogen) atoms. The normalized spacial score (nSPS) is 23.7. The molecular weight excluding hydrogens is 294 g/mol. The molecule has 1 unspecified atom stereocenters. The summed E-state index contributed by atoms with van der Waals surface area (Å²) in [5, 5.41) is 0. The van der Waals surface area contributed by atoms with E-state index in [1.165, 1.54) is 19.3 Å². The predicted octanol–water partition coefficient (Wildman–Crippen LogP) is 2.01. The number of carbonyl (C=O) groups excluding carboxylic acids is 1. The summed E-state index contributed by atoms with van der Waals surface area (Å²) in [5.41, 5.74) is 0.672. The first-order chi connectivity index (χ1) is 11.1. The average molecular weight is 321 g/mol. The number of amides is 1. The molecule has 3 rings (SSSR count). The van der Waals surface area contributed by atoms with Gasteiger partial charge in [0.15, 0.2) is 5.89 Å². The van der Waals surface area contributed by atoms with E-state index < -0.39 is 0 Å². The van der Waals surface area contributed by atoms with Crippen molar-refractivity contribution in [2.45, 2.75) is 45.6 Å². The molecule has 6 nitrogen and oxygen atoms in total. The highest BCUT2D eigenvalue weighted by molar-refractivity contribution is 5.92. The van der Waals surface area contributed by atoms with Gasteiger partial charge in [-0.3, -0.25) is 4.79 Å². The number of hydrogen-bond donors (Lipinski definition) is 0. The number of carbonyl (C=O) groups is 1. The SMILES string of the molecule is Cc1nc(C)c(C(=O)N2CCCOC(CN3CCCCC3)C2)o1. The molecule has 0 aromatic carbocycles. The number of hydrogen-bond acceptors (Lipinski definition) is 5. The Morgan fingerprint density at radius 1 is 1.17 bits per heavy atom. The van der Waals surface area contributed by atoms with Crippen LogP contribution in [0.1, 0.15) is 47.8 Å². The van der Waals surface area contributed by atoms with Gasteiger partial charge in [-0.1, -0.05) is 6.42 Å². The molecule has 1 aromatic rings. The number of aromatic nitrogens is 1. The maximum absolute atomic E-state index is 12.7. The summed E-state index contributed by atoms with van der Waals surface area (Å²) in [4.78, 5) is 21.3. The molecule has 1 amide bonds. The summed E-state index contributed by atoms with van der Waals surface area (Å²) in [5.74, 6) is 0.861. The van der Waals surface area contributed by atoms with Crippen molar-refractivity contribution in [2.75, 3.05) is 39.3 Å². The van der Waals surface area contributed by atoms with E-state index in [1.807, 2.05) is 11.8 Å². The molecule has 0 aliphatic carbocycles. The van der Waals surface area contributed by atoms with Crippen LogP contribution >= 0.6 is 0 Å². The number of rotatable bonds is 3. The molecule has 0 radical (unpaired) electrons. The first-order valence-electron chi connectivity index (χ1n) is 8.71. The molecule has 0 N–H and O–H groups in total. The monoisotopic (exact) mass is 321 g/mol. The van der Waals surface area contributed by atoms with Gasteiger partial charge in [0, 0.05) is 33.2 Å². The quantitative estimate of drug-likeness (QED) is 0.852. The van der Waals surface area contributed by atoms with Gasteiger partial charge >= 0.3 is 0 Å². The smallest absolute Gasteiger partial charge is 0.291 e. The summed E-state index contributed by atoms with van der Waals surface area (Å²) < 4.78 is 11.5. The second-order valence-corrected chi connectivity index (χ2v) is 6.61. The van der Waals surface area contributed by atoms with Gasteiger partial charge in [-0.05, 0) is 39.3 Å². The van der Waals surface area contributed by atoms with Gasteiger partial charge in [-0.2, -0.15) is 0 Å². The highest BCUT2D eigenvalue weighted by Crippen LogP contribution is 2.17. The first kappa shape index (κ1) is 16.5. The predicted molar refractivity (Wildman–Crippen MR) is 86.5 cm³/mol. The maximum Gasteiger partial charge on any atom is 0.291 e. The molecular formula is C17H27N3O3. The maximum atomic E-state index is 12.7. The van der Waals surface area contributed by atoms with E-state index in [0.717, 1.165) is 32.7 Å². The van der Waals surface area contributed by atoms with Crippen molar-refractivity contribution in [1.29, 1.82) is 0 Å². The highest BCUT2D eigenvalue weighted by Gasteiger charge is 2.28. The van der Waals surface area contributed by atoms with Gasteiger partial charge in [-0.15, -0.1) is 0 Å². The Morgan fingerprint density at radius 3 is 2.65 bits per heavy atom. The molecule has 2 saturated heterocycles. The molecule has 0 saturated carbocycles. The lowest BCUT2D eigenvalue weighted by Gasteiger charge is -2.31. The molecule has 0 bridgehead atoms. The highest BCUT2D eigenvalue weighted by atomic mass is 16.5. The van der Waals surface area contributed by atoms with E-state index in [4.69, 9.17) is 9.15 Å². The number of likely N-dealkylation sites (tertiary alicyclic amines) is 1. The Kier molecular flexibility index (Phi) is 5.33. The molecule has 0 spiro atoms. The van der Waals surface area contributed by atoms with Crippen LogP contribution in [0.15, 0.2) is 4.42 Å². The van der Waals surface area contributed by atoms with Crippen LogP contribution in [0.4, 0.5) is 0 Å². The van der Waals surface area contributed by atoms with E-state index in [0.29, 0.717) is 30.4 Å². The Hall–Kier alpha value is -1.40. The van der Waals surface area contributed by atoms with Crippen LogP contribution in [-0.4, -0.2) is 66.1 Å². The zero-order valence-corrected chi connectivity index (χ0v) is 14.2. The molecule has 128 valence electrons. The number of aryl methyl sites for hydroxylation is 2. The van der Waals surface area contributed by atoms with E-state index in [1.54, 1.807) is 6.92 Å². The zero-order chi connectivity index (χ0) is 16.2. The number of piperidine rings is 1. The zero-order valence-electron chi connectivity index (χ0n) is 14.2. The Morgan fingerprint density at radius 2 is 1.96 bits per heavy atom. The lowest BCUT2D eigenvalue weighted by atomic mass is 10.1. The van der Waals surface area contributed by atoms with Gasteiger partial charge in [0.25, 0.3) is 5.91 Å². The van der Waals surface area contributed by atoms with Crippen molar-refractivity contribution in [3.8, 4) is 0 Å². The van der Waals surface area contributed by atoms with Gasteiger partial charge in [0.2, 0.25) is 5.76 Å². The number of ether oxygens (including phenoxy) is 1. The van der Waals surface area contributed by atoms with Crippen molar-refractivity contribution in [3.05, 3.63) is 17.3 Å². The minimum absolute atomic E-state index is 0.0581.